The van der Waals surface area contributed by atoms with Crippen LogP contribution in [0, 0.1) is 0 Å². The third kappa shape index (κ3) is 5.12. The molecule has 1 aliphatic heterocycles. The molecule has 0 aliphatic carbocycles. The molecule has 0 saturated carbocycles. The molecule has 2 N–H and O–H groups in total. The van der Waals surface area contributed by atoms with Crippen LogP contribution in [0.3, 0.4) is 0 Å². The van der Waals surface area contributed by atoms with Crippen LogP contribution in [0.25, 0.3) is 0 Å². The Morgan fingerprint density at radius 1 is 1.26 bits per heavy atom. The van der Waals surface area contributed by atoms with Crippen LogP contribution >= 0.6 is 15.9 Å². The van der Waals surface area contributed by atoms with E-state index in [4.69, 9.17) is 0 Å². The molecule has 0 amide bonds. The van der Waals surface area contributed by atoms with Crippen LogP contribution in [0.2, 0.25) is 0 Å². The first-order chi connectivity index (χ1) is 9.05. The molecule has 1 fully saturated rings. The van der Waals surface area contributed by atoms with E-state index in [1.807, 2.05) is 12.1 Å². The highest BCUT2D eigenvalue weighted by atomic mass is 79.9. The number of anilines is 1. The van der Waals surface area contributed by atoms with Crippen LogP contribution in [0.15, 0.2) is 28.7 Å². The van der Waals surface area contributed by atoms with Crippen LogP contribution in [-0.2, 0) is 10.0 Å². The van der Waals surface area contributed by atoms with Gasteiger partial charge in [-0.2, -0.15) is 0 Å². The van der Waals surface area contributed by atoms with Gasteiger partial charge in [0.1, 0.15) is 0 Å². The van der Waals surface area contributed by atoms with Crippen LogP contribution in [0.1, 0.15) is 25.7 Å². The van der Waals surface area contributed by atoms with Crippen molar-refractivity contribution in [3.8, 4) is 0 Å². The summed E-state index contributed by atoms with van der Waals surface area (Å²) in [4.78, 5) is 0. The summed E-state index contributed by atoms with van der Waals surface area (Å²) >= 11 is 3.32. The van der Waals surface area contributed by atoms with Crippen molar-refractivity contribution in [2.24, 2.45) is 0 Å². The van der Waals surface area contributed by atoms with E-state index in [0.717, 1.165) is 17.4 Å². The van der Waals surface area contributed by atoms with Gasteiger partial charge in [-0.15, -0.1) is 0 Å². The van der Waals surface area contributed by atoms with Crippen molar-refractivity contribution in [2.75, 3.05) is 17.0 Å². The fraction of sp³-hybridized carbons (Fsp3) is 0.538. The van der Waals surface area contributed by atoms with Crippen molar-refractivity contribution in [2.45, 2.75) is 31.7 Å². The molecular weight excluding hydrogens is 328 g/mol. The van der Waals surface area contributed by atoms with Crippen LogP contribution in [0.5, 0.6) is 0 Å². The van der Waals surface area contributed by atoms with Crippen molar-refractivity contribution in [3.63, 3.8) is 0 Å². The minimum absolute atomic E-state index is 0.167. The van der Waals surface area contributed by atoms with E-state index >= 15 is 0 Å². The Bertz CT molecular complexity index is 496. The Balaban J connectivity index is 1.85. The maximum absolute atomic E-state index is 12.0. The molecule has 1 aromatic carbocycles. The first-order valence-electron chi connectivity index (χ1n) is 6.55. The quantitative estimate of drug-likeness (QED) is 0.861. The monoisotopic (exact) mass is 346 g/mol. The minimum atomic E-state index is -3.25. The Morgan fingerprint density at radius 3 is 2.63 bits per heavy atom. The summed E-state index contributed by atoms with van der Waals surface area (Å²) < 4.78 is 27.5. The zero-order chi connectivity index (χ0) is 13.7. The van der Waals surface area contributed by atoms with Crippen molar-refractivity contribution in [1.82, 2.24) is 5.32 Å². The standard InChI is InChI=1S/C13H19BrN2O2S/c14-11-4-6-13(7-5-11)16-19(17,18)10-8-12-3-1-2-9-15-12/h4-7,12,15-16H,1-3,8-10H2. The average Bonchev–Trinajstić information content (AvgIpc) is 2.40. The predicted octanol–water partition coefficient (Wildman–Crippen LogP) is 2.72. The number of benzene rings is 1. The molecule has 2 rings (SSSR count). The van der Waals surface area contributed by atoms with E-state index in [9.17, 15) is 8.42 Å². The van der Waals surface area contributed by atoms with E-state index in [2.05, 4.69) is 26.0 Å². The first-order valence-corrected chi connectivity index (χ1v) is 8.99. The largest absolute Gasteiger partial charge is 0.314 e. The van der Waals surface area contributed by atoms with Crippen molar-refractivity contribution >= 4 is 31.6 Å². The van der Waals surface area contributed by atoms with Gasteiger partial charge in [-0.3, -0.25) is 4.72 Å². The first kappa shape index (κ1) is 14.8. The maximum Gasteiger partial charge on any atom is 0.232 e. The van der Waals surface area contributed by atoms with Gasteiger partial charge in [0.2, 0.25) is 10.0 Å². The molecule has 0 radical (unpaired) electrons. The smallest absolute Gasteiger partial charge is 0.232 e. The third-order valence-electron chi connectivity index (χ3n) is 3.26. The lowest BCUT2D eigenvalue weighted by molar-refractivity contribution is 0.393. The summed E-state index contributed by atoms with van der Waals surface area (Å²) in [6.07, 6.45) is 4.14. The van der Waals surface area contributed by atoms with E-state index < -0.39 is 10.0 Å². The van der Waals surface area contributed by atoms with E-state index in [1.165, 1.54) is 12.8 Å². The summed E-state index contributed by atoms with van der Waals surface area (Å²) in [6.45, 7) is 1.00. The second-order valence-electron chi connectivity index (χ2n) is 4.86. The lowest BCUT2D eigenvalue weighted by Crippen LogP contribution is -2.36. The van der Waals surface area contributed by atoms with E-state index in [1.54, 1.807) is 12.1 Å². The predicted molar refractivity (Wildman–Crippen MR) is 81.8 cm³/mol. The van der Waals surface area contributed by atoms with Gasteiger partial charge < -0.3 is 5.32 Å². The number of piperidine rings is 1. The molecule has 1 unspecified atom stereocenters. The topological polar surface area (TPSA) is 58.2 Å². The number of nitrogens with one attached hydrogen (secondary N) is 2. The molecule has 1 atom stereocenters. The molecular formula is C13H19BrN2O2S. The second-order valence-corrected chi connectivity index (χ2v) is 7.62. The Hall–Kier alpha value is -0.590. The highest BCUT2D eigenvalue weighted by molar-refractivity contribution is 9.10. The van der Waals surface area contributed by atoms with Gasteiger partial charge in [0.15, 0.2) is 0 Å². The number of hydrogen-bond acceptors (Lipinski definition) is 3. The summed E-state index contributed by atoms with van der Waals surface area (Å²) in [6, 6.07) is 7.48. The molecule has 0 bridgehead atoms. The average molecular weight is 347 g/mol. The fourth-order valence-electron chi connectivity index (χ4n) is 2.22. The summed E-state index contributed by atoms with van der Waals surface area (Å²) in [5.41, 5.74) is 0.611. The third-order valence-corrected chi connectivity index (χ3v) is 5.11. The number of halogens is 1. The summed E-state index contributed by atoms with van der Waals surface area (Å²) in [7, 11) is -3.25. The Labute approximate surface area is 123 Å². The highest BCUT2D eigenvalue weighted by Gasteiger charge is 2.17. The lowest BCUT2D eigenvalue weighted by Gasteiger charge is -2.23. The van der Waals surface area contributed by atoms with Gasteiger partial charge >= 0.3 is 0 Å². The molecule has 19 heavy (non-hydrogen) atoms. The number of rotatable bonds is 5. The number of sulfonamides is 1. The normalized spacial score (nSPS) is 20.2. The molecule has 0 aromatic heterocycles. The zero-order valence-corrected chi connectivity index (χ0v) is 13.1. The number of hydrogen-bond donors (Lipinski definition) is 2. The molecule has 1 saturated heterocycles. The summed E-state index contributed by atoms with van der Waals surface area (Å²) in [5, 5.41) is 3.36. The zero-order valence-electron chi connectivity index (χ0n) is 10.7. The van der Waals surface area contributed by atoms with Crippen molar-refractivity contribution in [1.29, 1.82) is 0 Å². The van der Waals surface area contributed by atoms with Crippen molar-refractivity contribution < 1.29 is 8.42 Å². The van der Waals surface area contributed by atoms with Gasteiger partial charge in [0.25, 0.3) is 0 Å². The summed E-state index contributed by atoms with van der Waals surface area (Å²) in [5.74, 6) is 0.167. The molecule has 0 spiro atoms. The molecule has 106 valence electrons. The Kier molecular flexibility index (Phi) is 5.24. The van der Waals surface area contributed by atoms with Gasteiger partial charge in [-0.25, -0.2) is 8.42 Å². The van der Waals surface area contributed by atoms with Gasteiger partial charge in [0, 0.05) is 16.2 Å². The van der Waals surface area contributed by atoms with Gasteiger partial charge in [-0.05, 0) is 50.1 Å². The van der Waals surface area contributed by atoms with E-state index in [0.29, 0.717) is 18.2 Å². The fourth-order valence-corrected chi connectivity index (χ4v) is 3.67. The molecule has 4 nitrogen and oxygen atoms in total. The lowest BCUT2D eigenvalue weighted by atomic mass is 10.0. The second kappa shape index (κ2) is 6.72. The van der Waals surface area contributed by atoms with Crippen LogP contribution in [-0.4, -0.2) is 26.8 Å². The van der Waals surface area contributed by atoms with Crippen LogP contribution < -0.4 is 10.0 Å². The molecule has 1 aromatic rings. The highest BCUT2D eigenvalue weighted by Crippen LogP contribution is 2.16. The SMILES string of the molecule is O=S(=O)(CCC1CCCCN1)Nc1ccc(Br)cc1. The maximum atomic E-state index is 12.0. The van der Waals surface area contributed by atoms with E-state index in [-0.39, 0.29) is 5.75 Å². The molecule has 6 heteroatoms. The van der Waals surface area contributed by atoms with Gasteiger partial charge in [-0.1, -0.05) is 22.4 Å². The van der Waals surface area contributed by atoms with Crippen LogP contribution in [0.4, 0.5) is 5.69 Å². The molecule has 1 aliphatic rings. The van der Waals surface area contributed by atoms with Gasteiger partial charge in [0.05, 0.1) is 5.75 Å². The Morgan fingerprint density at radius 2 is 2.00 bits per heavy atom. The molecule has 1 heterocycles. The van der Waals surface area contributed by atoms with Crippen molar-refractivity contribution in [3.05, 3.63) is 28.7 Å². The minimum Gasteiger partial charge on any atom is -0.314 e.